The van der Waals surface area contributed by atoms with Gasteiger partial charge in [0.2, 0.25) is 5.88 Å². The van der Waals surface area contributed by atoms with Crippen LogP contribution in [0.4, 0.5) is 10.1 Å². The fourth-order valence-electron chi connectivity index (χ4n) is 5.84. The molecule has 222 valence electrons. The van der Waals surface area contributed by atoms with Crippen molar-refractivity contribution in [2.45, 2.75) is 19.1 Å². The highest BCUT2D eigenvalue weighted by atomic mass is 32.2. The highest BCUT2D eigenvalue weighted by Gasteiger charge is 2.33. The molecule has 8 nitrogen and oxygen atoms in total. The van der Waals surface area contributed by atoms with E-state index in [-0.39, 0.29) is 24.8 Å². The first-order chi connectivity index (χ1) is 21.4. The lowest BCUT2D eigenvalue weighted by Gasteiger charge is -2.31. The summed E-state index contributed by atoms with van der Waals surface area (Å²) in [5, 5.41) is 13.3. The van der Waals surface area contributed by atoms with E-state index < -0.39 is 16.3 Å². The number of nitrogens with zero attached hydrogens (tertiary/aromatic N) is 3. The average Bonchev–Trinajstić information content (AvgIpc) is 3.36. The van der Waals surface area contributed by atoms with Crippen LogP contribution in [0.2, 0.25) is 0 Å². The fourth-order valence-corrected chi connectivity index (χ4v) is 7.20. The number of anilines is 1. The summed E-state index contributed by atoms with van der Waals surface area (Å²) in [7, 11) is -3.87. The number of hydrogen-bond donors (Lipinski definition) is 2. The normalized spacial score (nSPS) is 14.8. The molecule has 0 aliphatic carbocycles. The second-order valence-corrected chi connectivity index (χ2v) is 12.4. The van der Waals surface area contributed by atoms with Gasteiger partial charge in [0.05, 0.1) is 17.6 Å². The summed E-state index contributed by atoms with van der Waals surface area (Å²) in [6.45, 7) is 0.816. The Morgan fingerprint density at radius 2 is 1.59 bits per heavy atom. The Morgan fingerprint density at radius 3 is 2.25 bits per heavy atom. The predicted molar refractivity (Wildman–Crippen MR) is 169 cm³/mol. The SMILES string of the molecule is O=S1(=O)NCCCN1c1c2cccnc2c(OC(c2ccccc2)c2ccccc2)c2c(O)n(Cc3ccc(F)cc3)cc12. The smallest absolute Gasteiger partial charge is 0.301 e. The van der Waals surface area contributed by atoms with E-state index in [0.717, 1.165) is 16.7 Å². The molecular weight excluding hydrogens is 579 g/mol. The van der Waals surface area contributed by atoms with E-state index in [1.165, 1.54) is 16.4 Å². The fraction of sp³-hybridized carbons (Fsp3) is 0.147. The second kappa shape index (κ2) is 11.3. The van der Waals surface area contributed by atoms with Crippen LogP contribution in [0.25, 0.3) is 21.7 Å². The molecule has 4 aromatic carbocycles. The Hall–Kier alpha value is -4.93. The van der Waals surface area contributed by atoms with Gasteiger partial charge >= 0.3 is 10.2 Å². The van der Waals surface area contributed by atoms with Gasteiger partial charge in [-0.1, -0.05) is 72.8 Å². The van der Waals surface area contributed by atoms with Gasteiger partial charge in [0, 0.05) is 36.3 Å². The van der Waals surface area contributed by atoms with Crippen molar-refractivity contribution in [3.8, 4) is 11.6 Å². The molecule has 2 N–H and O–H groups in total. The van der Waals surface area contributed by atoms with Gasteiger partial charge in [-0.3, -0.25) is 9.29 Å². The number of pyridine rings is 1. The zero-order valence-corrected chi connectivity index (χ0v) is 24.4. The number of nitrogens with one attached hydrogen (secondary N) is 1. The molecule has 44 heavy (non-hydrogen) atoms. The molecule has 7 rings (SSSR count). The van der Waals surface area contributed by atoms with Crippen molar-refractivity contribution < 1.29 is 22.7 Å². The molecule has 0 unspecified atom stereocenters. The van der Waals surface area contributed by atoms with E-state index in [1.54, 1.807) is 35.2 Å². The molecule has 3 heterocycles. The van der Waals surface area contributed by atoms with Gasteiger partial charge in [-0.2, -0.15) is 13.1 Å². The zero-order valence-electron chi connectivity index (χ0n) is 23.6. The van der Waals surface area contributed by atoms with E-state index in [1.807, 2.05) is 66.7 Å². The van der Waals surface area contributed by atoms with Gasteiger partial charge in [-0.25, -0.2) is 4.39 Å². The van der Waals surface area contributed by atoms with Crippen molar-refractivity contribution in [1.29, 1.82) is 0 Å². The number of ether oxygens (including phenoxy) is 1. The van der Waals surface area contributed by atoms with Gasteiger partial charge in [-0.15, -0.1) is 0 Å². The number of benzene rings is 4. The number of fused-ring (bicyclic) bond motifs is 2. The van der Waals surface area contributed by atoms with Gasteiger partial charge in [-0.05, 0) is 47.4 Å². The number of rotatable bonds is 7. The topological polar surface area (TPSA) is 96.7 Å². The first-order valence-corrected chi connectivity index (χ1v) is 15.8. The number of halogens is 1. The minimum Gasteiger partial charge on any atom is -0.494 e. The Labute approximate surface area is 254 Å². The summed E-state index contributed by atoms with van der Waals surface area (Å²) in [4.78, 5) is 4.69. The van der Waals surface area contributed by atoms with Crippen LogP contribution in [-0.4, -0.2) is 36.2 Å². The monoisotopic (exact) mass is 608 g/mol. The molecule has 0 spiro atoms. The van der Waals surface area contributed by atoms with E-state index in [0.29, 0.717) is 46.1 Å². The summed E-state index contributed by atoms with van der Waals surface area (Å²) >= 11 is 0. The highest BCUT2D eigenvalue weighted by molar-refractivity contribution is 7.91. The largest absolute Gasteiger partial charge is 0.494 e. The second-order valence-electron chi connectivity index (χ2n) is 10.7. The summed E-state index contributed by atoms with van der Waals surface area (Å²) in [6.07, 6.45) is 3.40. The first kappa shape index (κ1) is 27.9. The predicted octanol–water partition coefficient (Wildman–Crippen LogP) is 6.30. The van der Waals surface area contributed by atoms with Gasteiger partial charge < -0.3 is 14.4 Å². The van der Waals surface area contributed by atoms with Crippen LogP contribution in [0.15, 0.2) is 109 Å². The van der Waals surface area contributed by atoms with Crippen LogP contribution in [-0.2, 0) is 16.8 Å². The third kappa shape index (κ3) is 5.01. The third-order valence-electron chi connectivity index (χ3n) is 7.88. The molecule has 0 atom stereocenters. The molecule has 1 aliphatic rings. The summed E-state index contributed by atoms with van der Waals surface area (Å²) < 4.78 is 52.9. The lowest BCUT2D eigenvalue weighted by Crippen LogP contribution is -2.47. The molecule has 0 radical (unpaired) electrons. The molecule has 1 fully saturated rings. The van der Waals surface area contributed by atoms with Crippen molar-refractivity contribution in [3.63, 3.8) is 0 Å². The van der Waals surface area contributed by atoms with E-state index >= 15 is 0 Å². The van der Waals surface area contributed by atoms with Crippen LogP contribution in [0.3, 0.4) is 0 Å². The highest BCUT2D eigenvalue weighted by Crippen LogP contribution is 2.49. The maximum Gasteiger partial charge on any atom is 0.301 e. The van der Waals surface area contributed by atoms with Crippen molar-refractivity contribution in [2.24, 2.45) is 0 Å². The van der Waals surface area contributed by atoms with E-state index in [9.17, 15) is 17.9 Å². The molecule has 2 aromatic heterocycles. The Kier molecular flexibility index (Phi) is 7.15. The van der Waals surface area contributed by atoms with Crippen LogP contribution >= 0.6 is 0 Å². The first-order valence-electron chi connectivity index (χ1n) is 14.3. The van der Waals surface area contributed by atoms with Crippen molar-refractivity contribution >= 4 is 37.6 Å². The molecule has 6 aromatic rings. The lowest BCUT2D eigenvalue weighted by atomic mass is 10.0. The number of aromatic hydroxyl groups is 1. The minimum atomic E-state index is -3.87. The van der Waals surface area contributed by atoms with Crippen LogP contribution in [0.1, 0.15) is 29.2 Å². The maximum atomic E-state index is 13.7. The van der Waals surface area contributed by atoms with E-state index in [2.05, 4.69) is 4.72 Å². The molecule has 1 saturated heterocycles. The van der Waals surface area contributed by atoms with Crippen molar-refractivity contribution in [1.82, 2.24) is 14.3 Å². The Bertz CT molecular complexity index is 2030. The Balaban J connectivity index is 1.51. The Morgan fingerprint density at radius 1 is 0.909 bits per heavy atom. The quantitative estimate of drug-likeness (QED) is 0.222. The van der Waals surface area contributed by atoms with Gasteiger partial charge in [0.25, 0.3) is 0 Å². The standard InChI is InChI=1S/C34H29FN4O4S/c35-26-16-14-23(15-17-26)21-38-22-28-29(34(38)40)33(43-32(24-9-3-1-4-10-24)25-11-5-2-6-12-25)30-27(13-7-18-36-30)31(28)39-20-8-19-37-44(39,41)42/h1-7,9-18,22,32,37,40H,8,19-21H2. The van der Waals surface area contributed by atoms with Crippen LogP contribution < -0.4 is 13.8 Å². The molecule has 0 amide bonds. The van der Waals surface area contributed by atoms with Gasteiger partial charge in [0.15, 0.2) is 5.75 Å². The molecule has 10 heteroatoms. The number of aromatic nitrogens is 2. The van der Waals surface area contributed by atoms with Gasteiger partial charge in [0.1, 0.15) is 17.4 Å². The van der Waals surface area contributed by atoms with Crippen LogP contribution in [0, 0.1) is 5.82 Å². The molecule has 0 saturated carbocycles. The maximum absolute atomic E-state index is 13.7. The van der Waals surface area contributed by atoms with Crippen molar-refractivity contribution in [2.75, 3.05) is 17.4 Å². The minimum absolute atomic E-state index is 0.115. The summed E-state index contributed by atoms with van der Waals surface area (Å²) in [5.74, 6) is -0.147. The molecular formula is C34H29FN4O4S. The lowest BCUT2D eigenvalue weighted by molar-refractivity contribution is 0.252. The summed E-state index contributed by atoms with van der Waals surface area (Å²) in [6, 6.07) is 29.1. The van der Waals surface area contributed by atoms with E-state index in [4.69, 9.17) is 9.72 Å². The van der Waals surface area contributed by atoms with Crippen molar-refractivity contribution in [3.05, 3.63) is 132 Å². The average molecular weight is 609 g/mol. The zero-order chi connectivity index (χ0) is 30.3. The molecule has 0 bridgehead atoms. The third-order valence-corrected chi connectivity index (χ3v) is 9.39. The summed E-state index contributed by atoms with van der Waals surface area (Å²) in [5.41, 5.74) is 3.38. The molecule has 1 aliphatic heterocycles. The van der Waals surface area contributed by atoms with Crippen LogP contribution in [0.5, 0.6) is 11.6 Å². The number of hydrogen-bond acceptors (Lipinski definition) is 5.